The van der Waals surface area contributed by atoms with E-state index in [-0.39, 0.29) is 11.8 Å². The summed E-state index contributed by atoms with van der Waals surface area (Å²) < 4.78 is 1.90. The first-order chi connectivity index (χ1) is 11.5. The lowest BCUT2D eigenvalue weighted by molar-refractivity contribution is -0.132. The number of carbonyl (C=O) groups excluding carboxylic acids is 2. The number of carbonyl (C=O) groups is 2. The third-order valence-corrected chi connectivity index (χ3v) is 4.42. The number of aromatic nitrogens is 2. The Labute approximate surface area is 141 Å². The summed E-state index contributed by atoms with van der Waals surface area (Å²) in [6.45, 7) is 5.14. The van der Waals surface area contributed by atoms with E-state index in [0.29, 0.717) is 25.1 Å². The number of nitrogens with one attached hydrogen (secondary N) is 1. The van der Waals surface area contributed by atoms with Gasteiger partial charge in [-0.15, -0.1) is 0 Å². The van der Waals surface area contributed by atoms with Crippen LogP contribution in [0.15, 0.2) is 30.3 Å². The van der Waals surface area contributed by atoms with Gasteiger partial charge in [0, 0.05) is 31.3 Å². The van der Waals surface area contributed by atoms with Crippen molar-refractivity contribution in [1.29, 1.82) is 0 Å². The second-order valence-corrected chi connectivity index (χ2v) is 6.30. The van der Waals surface area contributed by atoms with E-state index in [4.69, 9.17) is 0 Å². The number of fused-ring (bicyclic) bond motifs is 1. The third-order valence-electron chi connectivity index (χ3n) is 4.42. The Morgan fingerprint density at radius 2 is 2.12 bits per heavy atom. The molecule has 24 heavy (non-hydrogen) atoms. The van der Waals surface area contributed by atoms with Crippen LogP contribution in [0.2, 0.25) is 0 Å². The molecule has 1 aliphatic rings. The highest BCUT2D eigenvalue weighted by Gasteiger charge is 2.30. The van der Waals surface area contributed by atoms with Crippen molar-refractivity contribution in [3.05, 3.63) is 52.8 Å². The van der Waals surface area contributed by atoms with Crippen LogP contribution in [0.5, 0.6) is 0 Å². The number of likely N-dealkylation sites (N-methyl/N-ethyl adjacent to an activating group) is 1. The molecule has 2 aromatic rings. The van der Waals surface area contributed by atoms with Crippen LogP contribution in [0.25, 0.3) is 0 Å². The molecule has 1 N–H and O–H groups in total. The van der Waals surface area contributed by atoms with E-state index in [0.717, 1.165) is 17.0 Å². The molecule has 0 saturated heterocycles. The predicted molar refractivity (Wildman–Crippen MR) is 90.7 cm³/mol. The number of amides is 2. The molecule has 1 aromatic heterocycles. The van der Waals surface area contributed by atoms with Crippen molar-refractivity contribution < 1.29 is 9.59 Å². The van der Waals surface area contributed by atoms with Crippen LogP contribution in [0.3, 0.4) is 0 Å². The molecular weight excluding hydrogens is 304 g/mol. The predicted octanol–water partition coefficient (Wildman–Crippen LogP) is 1.31. The van der Waals surface area contributed by atoms with Gasteiger partial charge in [-0.3, -0.25) is 14.3 Å². The van der Waals surface area contributed by atoms with Gasteiger partial charge < -0.3 is 10.2 Å². The standard InChI is InChI=1S/C18H22N4O2/c1-12-10-13(2)22(20-12)9-8-21(3)18(24)16-11-14-6-4-5-7-15(14)17(23)19-16/h4-7,10,16H,8-9,11H2,1-3H3,(H,19,23). The molecule has 0 bridgehead atoms. The van der Waals surface area contributed by atoms with E-state index < -0.39 is 6.04 Å². The van der Waals surface area contributed by atoms with E-state index in [2.05, 4.69) is 10.4 Å². The fraction of sp³-hybridized carbons (Fsp3) is 0.389. The summed E-state index contributed by atoms with van der Waals surface area (Å²) in [5.41, 5.74) is 3.63. The zero-order valence-electron chi connectivity index (χ0n) is 14.2. The Balaban J connectivity index is 1.64. The second kappa shape index (κ2) is 6.47. The van der Waals surface area contributed by atoms with Crippen LogP contribution in [-0.2, 0) is 17.8 Å². The van der Waals surface area contributed by atoms with Crippen LogP contribution < -0.4 is 5.32 Å². The summed E-state index contributed by atoms with van der Waals surface area (Å²) in [6.07, 6.45) is 0.533. The first kappa shape index (κ1) is 16.2. The molecule has 0 spiro atoms. The number of aryl methyl sites for hydroxylation is 2. The summed E-state index contributed by atoms with van der Waals surface area (Å²) in [6, 6.07) is 8.94. The number of nitrogens with zero attached hydrogens (tertiary/aromatic N) is 3. The van der Waals surface area contributed by atoms with Gasteiger partial charge in [-0.05, 0) is 31.5 Å². The van der Waals surface area contributed by atoms with E-state index in [1.807, 2.05) is 42.8 Å². The molecule has 1 aliphatic heterocycles. The third kappa shape index (κ3) is 3.18. The van der Waals surface area contributed by atoms with Crippen LogP contribution in [0.4, 0.5) is 0 Å². The zero-order valence-corrected chi connectivity index (χ0v) is 14.2. The summed E-state index contributed by atoms with van der Waals surface area (Å²) >= 11 is 0. The lowest BCUT2D eigenvalue weighted by Gasteiger charge is -2.28. The van der Waals surface area contributed by atoms with Gasteiger partial charge in [0.25, 0.3) is 5.91 Å². The zero-order chi connectivity index (χ0) is 17.3. The van der Waals surface area contributed by atoms with Crippen LogP contribution >= 0.6 is 0 Å². The Bertz CT molecular complexity index is 781. The van der Waals surface area contributed by atoms with Gasteiger partial charge in [0.1, 0.15) is 6.04 Å². The number of rotatable bonds is 4. The monoisotopic (exact) mass is 326 g/mol. The molecule has 0 radical (unpaired) electrons. The van der Waals surface area contributed by atoms with E-state index in [1.54, 1.807) is 18.0 Å². The van der Waals surface area contributed by atoms with Gasteiger partial charge in [0.05, 0.1) is 12.2 Å². The molecule has 0 fully saturated rings. The average Bonchev–Trinajstić information content (AvgIpc) is 2.89. The van der Waals surface area contributed by atoms with Gasteiger partial charge in [0.2, 0.25) is 5.91 Å². The maximum atomic E-state index is 12.6. The maximum Gasteiger partial charge on any atom is 0.252 e. The Kier molecular flexibility index (Phi) is 4.38. The fourth-order valence-corrected chi connectivity index (χ4v) is 3.10. The molecule has 3 rings (SSSR count). The summed E-state index contributed by atoms with van der Waals surface area (Å²) in [4.78, 5) is 26.5. The quantitative estimate of drug-likeness (QED) is 0.921. The number of hydrogen-bond acceptors (Lipinski definition) is 3. The molecule has 1 aromatic carbocycles. The SMILES string of the molecule is Cc1cc(C)n(CCN(C)C(=O)C2Cc3ccccc3C(=O)N2)n1. The first-order valence-electron chi connectivity index (χ1n) is 8.10. The number of hydrogen-bond donors (Lipinski definition) is 1. The van der Waals surface area contributed by atoms with E-state index in [1.165, 1.54) is 0 Å². The lowest BCUT2D eigenvalue weighted by Crippen LogP contribution is -2.51. The molecule has 2 heterocycles. The molecule has 2 amide bonds. The van der Waals surface area contributed by atoms with Crippen LogP contribution in [0, 0.1) is 13.8 Å². The van der Waals surface area contributed by atoms with Gasteiger partial charge in [0.15, 0.2) is 0 Å². The van der Waals surface area contributed by atoms with E-state index >= 15 is 0 Å². The smallest absolute Gasteiger partial charge is 0.252 e. The maximum absolute atomic E-state index is 12.6. The highest BCUT2D eigenvalue weighted by Crippen LogP contribution is 2.17. The number of benzene rings is 1. The topological polar surface area (TPSA) is 67.2 Å². The molecule has 6 nitrogen and oxygen atoms in total. The largest absolute Gasteiger partial charge is 0.342 e. The highest BCUT2D eigenvalue weighted by molar-refractivity contribution is 6.00. The van der Waals surface area contributed by atoms with Crippen LogP contribution in [0.1, 0.15) is 27.3 Å². The van der Waals surface area contributed by atoms with Crippen molar-refractivity contribution in [1.82, 2.24) is 20.0 Å². The molecule has 6 heteroatoms. The fourth-order valence-electron chi connectivity index (χ4n) is 3.10. The molecule has 0 aliphatic carbocycles. The summed E-state index contributed by atoms with van der Waals surface area (Å²) in [7, 11) is 1.76. The van der Waals surface area contributed by atoms with Crippen molar-refractivity contribution in [2.45, 2.75) is 32.9 Å². The van der Waals surface area contributed by atoms with Crippen LogP contribution in [-0.4, -0.2) is 46.1 Å². The van der Waals surface area contributed by atoms with Crippen molar-refractivity contribution in [2.75, 3.05) is 13.6 Å². The normalized spacial score (nSPS) is 16.5. The highest BCUT2D eigenvalue weighted by atomic mass is 16.2. The van der Waals surface area contributed by atoms with Gasteiger partial charge in [-0.1, -0.05) is 18.2 Å². The Morgan fingerprint density at radius 1 is 1.38 bits per heavy atom. The minimum Gasteiger partial charge on any atom is -0.342 e. The first-order valence-corrected chi connectivity index (χ1v) is 8.10. The Hall–Kier alpha value is -2.63. The van der Waals surface area contributed by atoms with Gasteiger partial charge >= 0.3 is 0 Å². The van der Waals surface area contributed by atoms with Crippen molar-refractivity contribution in [3.8, 4) is 0 Å². The van der Waals surface area contributed by atoms with Crippen molar-refractivity contribution in [3.63, 3.8) is 0 Å². The lowest BCUT2D eigenvalue weighted by atomic mass is 9.94. The molecule has 126 valence electrons. The van der Waals surface area contributed by atoms with Crippen molar-refractivity contribution >= 4 is 11.8 Å². The second-order valence-electron chi connectivity index (χ2n) is 6.30. The average molecular weight is 326 g/mol. The van der Waals surface area contributed by atoms with Gasteiger partial charge in [-0.2, -0.15) is 5.10 Å². The Morgan fingerprint density at radius 3 is 2.83 bits per heavy atom. The molecule has 0 saturated carbocycles. The summed E-state index contributed by atoms with van der Waals surface area (Å²) in [5.74, 6) is -0.249. The summed E-state index contributed by atoms with van der Waals surface area (Å²) in [5, 5.41) is 7.22. The minimum atomic E-state index is -0.502. The molecular formula is C18H22N4O2. The van der Waals surface area contributed by atoms with Crippen molar-refractivity contribution in [2.24, 2.45) is 0 Å². The van der Waals surface area contributed by atoms with Gasteiger partial charge in [-0.25, -0.2) is 0 Å². The molecule has 1 atom stereocenters. The van der Waals surface area contributed by atoms with E-state index in [9.17, 15) is 9.59 Å². The molecule has 1 unspecified atom stereocenters. The minimum absolute atomic E-state index is 0.0700.